The van der Waals surface area contributed by atoms with Gasteiger partial charge in [-0.2, -0.15) is 0 Å². The van der Waals surface area contributed by atoms with Crippen LogP contribution in [0.3, 0.4) is 0 Å². The quantitative estimate of drug-likeness (QED) is 0.243. The number of thiazole rings is 1. The lowest BCUT2D eigenvalue weighted by Gasteiger charge is -2.14. The minimum absolute atomic E-state index is 0.115. The molecule has 0 aliphatic rings. The van der Waals surface area contributed by atoms with Gasteiger partial charge >= 0.3 is 0 Å². The lowest BCUT2D eigenvalue weighted by Crippen LogP contribution is -2.24. The molecule has 1 unspecified atom stereocenters. The fourth-order valence-corrected chi connectivity index (χ4v) is 5.62. The van der Waals surface area contributed by atoms with E-state index in [2.05, 4.69) is 15.6 Å². The molecule has 1 atom stereocenters. The highest BCUT2D eigenvalue weighted by Crippen LogP contribution is 2.32. The van der Waals surface area contributed by atoms with Crippen LogP contribution in [0, 0.1) is 0 Å². The summed E-state index contributed by atoms with van der Waals surface area (Å²) in [6, 6.07) is 18.6. The van der Waals surface area contributed by atoms with Gasteiger partial charge in [-0.3, -0.25) is 9.59 Å². The molecule has 9 heteroatoms. The van der Waals surface area contributed by atoms with Crippen molar-refractivity contribution in [2.75, 3.05) is 10.6 Å². The number of nitrogens with one attached hydrogen (secondary N) is 2. The van der Waals surface area contributed by atoms with E-state index in [1.165, 1.54) is 34.4 Å². The van der Waals surface area contributed by atoms with Gasteiger partial charge in [0.1, 0.15) is 0 Å². The van der Waals surface area contributed by atoms with E-state index in [9.17, 15) is 9.59 Å². The number of anilines is 2. The van der Waals surface area contributed by atoms with Crippen molar-refractivity contribution >= 4 is 68.7 Å². The summed E-state index contributed by atoms with van der Waals surface area (Å²) in [5.41, 5.74) is 2.26. The number of carbonyl (C=O) groups excluding carboxylic acids is 2. The molecule has 0 spiro atoms. The van der Waals surface area contributed by atoms with Crippen molar-refractivity contribution in [1.82, 2.24) is 4.98 Å². The molecule has 168 valence electrons. The van der Waals surface area contributed by atoms with Gasteiger partial charge in [-0.1, -0.05) is 48.9 Å². The fraction of sp³-hybridized carbons (Fsp3) is 0.125. The maximum Gasteiger partial charge on any atom is 0.265 e. The van der Waals surface area contributed by atoms with E-state index in [1.807, 2.05) is 72.3 Å². The summed E-state index contributed by atoms with van der Waals surface area (Å²) in [6.45, 7) is 1.97. The number of thioether (sulfide) groups is 1. The highest BCUT2D eigenvalue weighted by Gasteiger charge is 2.20. The number of carbonyl (C=O) groups is 2. The van der Waals surface area contributed by atoms with Gasteiger partial charge in [0.15, 0.2) is 5.13 Å². The Hall–Kier alpha value is -2.65. The van der Waals surface area contributed by atoms with Gasteiger partial charge < -0.3 is 10.6 Å². The largest absolute Gasteiger partial charge is 0.321 e. The summed E-state index contributed by atoms with van der Waals surface area (Å²) in [7, 11) is 0. The zero-order chi connectivity index (χ0) is 23.2. The highest BCUT2D eigenvalue weighted by molar-refractivity contribution is 8.00. The molecule has 2 aromatic heterocycles. The second-order valence-electron chi connectivity index (χ2n) is 6.98. The van der Waals surface area contributed by atoms with Crippen LogP contribution < -0.4 is 10.6 Å². The molecule has 2 heterocycles. The lowest BCUT2D eigenvalue weighted by atomic mass is 10.2. The van der Waals surface area contributed by atoms with Crippen molar-refractivity contribution in [2.24, 2.45) is 0 Å². The number of hydrogen-bond donors (Lipinski definition) is 2. The average Bonchev–Trinajstić information content (AvgIpc) is 3.51. The van der Waals surface area contributed by atoms with Crippen LogP contribution in [0.1, 0.15) is 23.0 Å². The van der Waals surface area contributed by atoms with E-state index in [0.717, 1.165) is 16.2 Å². The SMILES string of the molecule is CCC(Sc1cccc(NC(=O)c2cccs2)c1)C(=O)Nc1nc(-c2ccccc2Cl)cs1. The summed E-state index contributed by atoms with van der Waals surface area (Å²) in [5, 5.41) is 10.4. The zero-order valence-electron chi connectivity index (χ0n) is 17.6. The Morgan fingerprint density at radius 2 is 1.91 bits per heavy atom. The number of halogens is 1. The molecule has 2 aromatic carbocycles. The Balaban J connectivity index is 1.40. The molecule has 0 bridgehead atoms. The lowest BCUT2D eigenvalue weighted by molar-refractivity contribution is -0.115. The number of amides is 2. The minimum atomic E-state index is -0.305. The first-order chi connectivity index (χ1) is 16.0. The molecule has 4 rings (SSSR count). The molecule has 33 heavy (non-hydrogen) atoms. The van der Waals surface area contributed by atoms with Crippen LogP contribution in [-0.2, 0) is 4.79 Å². The monoisotopic (exact) mass is 513 g/mol. The standard InChI is InChI=1S/C24H20ClN3O2S3/c1-2-20(22(29)28-24-27-19(14-32-24)17-9-3-4-10-18(17)25)33-16-8-5-7-15(13-16)26-23(30)21-11-6-12-31-21/h3-14,20H,2H2,1H3,(H,26,30)(H,27,28,29). The fourth-order valence-electron chi connectivity index (χ4n) is 3.04. The number of aromatic nitrogens is 1. The Kier molecular flexibility index (Phi) is 7.82. The van der Waals surface area contributed by atoms with Crippen molar-refractivity contribution in [2.45, 2.75) is 23.5 Å². The zero-order valence-corrected chi connectivity index (χ0v) is 20.8. The molecule has 0 aliphatic heterocycles. The Labute approximate surface area is 209 Å². The van der Waals surface area contributed by atoms with Crippen LogP contribution in [0.2, 0.25) is 5.02 Å². The average molecular weight is 514 g/mol. The van der Waals surface area contributed by atoms with Gasteiger partial charge in [0.2, 0.25) is 5.91 Å². The van der Waals surface area contributed by atoms with Crippen LogP contribution in [0.4, 0.5) is 10.8 Å². The van der Waals surface area contributed by atoms with Gasteiger partial charge in [0.25, 0.3) is 5.91 Å². The Morgan fingerprint density at radius 1 is 1.06 bits per heavy atom. The van der Waals surface area contributed by atoms with Gasteiger partial charge in [-0.05, 0) is 42.1 Å². The molecule has 0 aliphatic carbocycles. The van der Waals surface area contributed by atoms with Gasteiger partial charge in [-0.25, -0.2) is 4.98 Å². The van der Waals surface area contributed by atoms with Gasteiger partial charge in [0.05, 0.1) is 15.8 Å². The third kappa shape index (κ3) is 6.03. The highest BCUT2D eigenvalue weighted by atomic mass is 35.5. The van der Waals surface area contributed by atoms with E-state index in [1.54, 1.807) is 6.07 Å². The second kappa shape index (κ2) is 11.0. The van der Waals surface area contributed by atoms with Crippen molar-refractivity contribution in [3.63, 3.8) is 0 Å². The van der Waals surface area contributed by atoms with E-state index < -0.39 is 0 Å². The van der Waals surface area contributed by atoms with Crippen molar-refractivity contribution < 1.29 is 9.59 Å². The second-order valence-corrected chi connectivity index (χ2v) is 10.5. The van der Waals surface area contributed by atoms with E-state index >= 15 is 0 Å². The van der Waals surface area contributed by atoms with Crippen LogP contribution in [0.5, 0.6) is 0 Å². The third-order valence-corrected chi connectivity index (χ3v) is 7.98. The molecule has 4 aromatic rings. The molecule has 0 saturated carbocycles. The van der Waals surface area contributed by atoms with E-state index in [-0.39, 0.29) is 17.1 Å². The number of thiophene rings is 1. The predicted octanol–water partition coefficient (Wildman–Crippen LogP) is 7.29. The molecule has 5 nitrogen and oxygen atoms in total. The number of rotatable bonds is 8. The topological polar surface area (TPSA) is 71.1 Å². The number of benzene rings is 2. The first-order valence-electron chi connectivity index (χ1n) is 10.2. The minimum Gasteiger partial charge on any atom is -0.321 e. The summed E-state index contributed by atoms with van der Waals surface area (Å²) in [4.78, 5) is 31.3. The van der Waals surface area contributed by atoms with Crippen LogP contribution in [0.25, 0.3) is 11.3 Å². The van der Waals surface area contributed by atoms with Crippen molar-refractivity contribution in [3.8, 4) is 11.3 Å². The van der Waals surface area contributed by atoms with Crippen molar-refractivity contribution in [3.05, 3.63) is 81.3 Å². The molecular formula is C24H20ClN3O2S3. The summed E-state index contributed by atoms with van der Waals surface area (Å²) >= 11 is 10.5. The van der Waals surface area contributed by atoms with E-state index in [4.69, 9.17) is 11.6 Å². The number of nitrogens with zero attached hydrogens (tertiary/aromatic N) is 1. The Bertz CT molecular complexity index is 1260. The van der Waals surface area contributed by atoms with Crippen LogP contribution >= 0.6 is 46.0 Å². The first kappa shape index (κ1) is 23.5. The Morgan fingerprint density at radius 3 is 2.67 bits per heavy atom. The maximum absolute atomic E-state index is 12.9. The summed E-state index contributed by atoms with van der Waals surface area (Å²) < 4.78 is 0. The van der Waals surface area contributed by atoms with Crippen molar-refractivity contribution in [1.29, 1.82) is 0 Å². The van der Waals surface area contributed by atoms with Gasteiger partial charge in [0, 0.05) is 26.5 Å². The summed E-state index contributed by atoms with van der Waals surface area (Å²) in [6.07, 6.45) is 0.644. The molecule has 0 radical (unpaired) electrons. The van der Waals surface area contributed by atoms with Crippen LogP contribution in [0.15, 0.2) is 76.3 Å². The summed E-state index contributed by atoms with van der Waals surface area (Å²) in [5.74, 6) is -0.259. The first-order valence-corrected chi connectivity index (χ1v) is 13.2. The molecule has 2 amide bonds. The third-order valence-electron chi connectivity index (χ3n) is 4.66. The molecular weight excluding hydrogens is 494 g/mol. The normalized spacial score (nSPS) is 11.7. The number of hydrogen-bond acceptors (Lipinski definition) is 6. The molecule has 2 N–H and O–H groups in total. The van der Waals surface area contributed by atoms with Gasteiger partial charge in [-0.15, -0.1) is 34.4 Å². The maximum atomic E-state index is 12.9. The molecule has 0 fully saturated rings. The van der Waals surface area contributed by atoms with Crippen LogP contribution in [-0.4, -0.2) is 22.0 Å². The molecule has 0 saturated heterocycles. The van der Waals surface area contributed by atoms with E-state index in [0.29, 0.717) is 27.1 Å². The smallest absolute Gasteiger partial charge is 0.265 e. The predicted molar refractivity (Wildman–Crippen MR) is 140 cm³/mol.